The maximum Gasteiger partial charge on any atom is 0.253 e. The van der Waals surface area contributed by atoms with E-state index >= 15 is 0 Å². The molecule has 6 nitrogen and oxygen atoms in total. The molecule has 1 aliphatic heterocycles. The Morgan fingerprint density at radius 1 is 1.30 bits per heavy atom. The second kappa shape index (κ2) is 6.13. The number of anilines is 2. The lowest BCUT2D eigenvalue weighted by Crippen LogP contribution is -2.31. The van der Waals surface area contributed by atoms with E-state index in [4.69, 9.17) is 0 Å². The van der Waals surface area contributed by atoms with Crippen LogP contribution in [0.3, 0.4) is 0 Å². The number of carbonyl (C=O) groups excluding carboxylic acids is 1. The molecule has 3 N–H and O–H groups in total. The Bertz CT molecular complexity index is 599. The normalized spacial score (nSPS) is 13.8. The number of hydrogen-bond acceptors (Lipinski definition) is 5. The van der Waals surface area contributed by atoms with Crippen molar-refractivity contribution >= 4 is 27.1 Å². The first-order chi connectivity index (χ1) is 9.53. The van der Waals surface area contributed by atoms with Crippen molar-refractivity contribution in [3.05, 3.63) is 23.8 Å². The third-order valence-corrected chi connectivity index (χ3v) is 4.90. The van der Waals surface area contributed by atoms with Gasteiger partial charge in [0.15, 0.2) is 9.84 Å². The number of sulfone groups is 1. The van der Waals surface area contributed by atoms with Crippen molar-refractivity contribution in [2.45, 2.75) is 6.92 Å². The van der Waals surface area contributed by atoms with E-state index in [-0.39, 0.29) is 24.0 Å². The van der Waals surface area contributed by atoms with Crippen LogP contribution in [0.25, 0.3) is 0 Å². The van der Waals surface area contributed by atoms with E-state index in [0.717, 1.165) is 24.5 Å². The second-order valence-electron chi connectivity index (χ2n) is 4.57. The maximum absolute atomic E-state index is 12.1. The van der Waals surface area contributed by atoms with Crippen LogP contribution in [-0.4, -0.2) is 45.5 Å². The summed E-state index contributed by atoms with van der Waals surface area (Å²) in [6.45, 7) is 3.29. The standard InChI is InChI=1S/C13H19N3O3S/c1-2-20(18,19)9-8-16-13(17)10-4-3-5-11-12(10)15-7-6-14-11/h3-5,14-15H,2,6-9H2,1H3,(H,16,17). The van der Waals surface area contributed by atoms with E-state index in [9.17, 15) is 13.2 Å². The molecule has 1 heterocycles. The van der Waals surface area contributed by atoms with Crippen LogP contribution in [0.15, 0.2) is 18.2 Å². The van der Waals surface area contributed by atoms with Crippen LogP contribution < -0.4 is 16.0 Å². The molecule has 1 amide bonds. The summed E-state index contributed by atoms with van der Waals surface area (Å²) in [6, 6.07) is 5.43. The minimum Gasteiger partial charge on any atom is -0.382 e. The topological polar surface area (TPSA) is 87.3 Å². The summed E-state index contributed by atoms with van der Waals surface area (Å²) in [7, 11) is -3.06. The summed E-state index contributed by atoms with van der Waals surface area (Å²) >= 11 is 0. The molecule has 0 atom stereocenters. The van der Waals surface area contributed by atoms with E-state index in [0.29, 0.717) is 5.56 Å². The van der Waals surface area contributed by atoms with Gasteiger partial charge < -0.3 is 16.0 Å². The van der Waals surface area contributed by atoms with Crippen LogP contribution in [0.4, 0.5) is 11.4 Å². The smallest absolute Gasteiger partial charge is 0.253 e. The lowest BCUT2D eigenvalue weighted by Gasteiger charge is -2.22. The molecule has 0 radical (unpaired) electrons. The number of amides is 1. The first-order valence-electron chi connectivity index (χ1n) is 6.63. The van der Waals surface area contributed by atoms with Crippen LogP contribution >= 0.6 is 0 Å². The fourth-order valence-corrected chi connectivity index (χ4v) is 2.73. The van der Waals surface area contributed by atoms with Crippen molar-refractivity contribution in [2.24, 2.45) is 0 Å². The predicted octanol–water partition coefficient (Wildman–Crippen LogP) is 0.689. The average Bonchev–Trinajstić information content (AvgIpc) is 2.46. The molecule has 0 saturated carbocycles. The summed E-state index contributed by atoms with van der Waals surface area (Å²) in [6.07, 6.45) is 0. The van der Waals surface area contributed by atoms with Gasteiger partial charge in [0.05, 0.1) is 22.7 Å². The molecule has 0 aliphatic carbocycles. The van der Waals surface area contributed by atoms with Gasteiger partial charge in [-0.1, -0.05) is 13.0 Å². The Labute approximate surface area is 118 Å². The molecule has 0 aromatic heterocycles. The fraction of sp³-hybridized carbons (Fsp3) is 0.462. The number of hydrogen-bond donors (Lipinski definition) is 3. The van der Waals surface area contributed by atoms with E-state index < -0.39 is 9.84 Å². The zero-order valence-electron chi connectivity index (χ0n) is 11.4. The van der Waals surface area contributed by atoms with Crippen molar-refractivity contribution < 1.29 is 13.2 Å². The molecule has 110 valence electrons. The van der Waals surface area contributed by atoms with Gasteiger partial charge in [-0.25, -0.2) is 8.42 Å². The van der Waals surface area contributed by atoms with Crippen LogP contribution in [0, 0.1) is 0 Å². The van der Waals surface area contributed by atoms with Crippen LogP contribution in [0.5, 0.6) is 0 Å². The molecule has 1 aromatic carbocycles. The predicted molar refractivity (Wildman–Crippen MR) is 80.1 cm³/mol. The Balaban J connectivity index is 2.03. The SMILES string of the molecule is CCS(=O)(=O)CCNC(=O)c1cccc2c1NCCN2. The van der Waals surface area contributed by atoms with Crippen LogP contribution in [0.1, 0.15) is 17.3 Å². The Hall–Kier alpha value is -1.76. The van der Waals surface area contributed by atoms with Crippen molar-refractivity contribution in [3.63, 3.8) is 0 Å². The molecule has 2 rings (SSSR count). The van der Waals surface area contributed by atoms with Gasteiger partial charge in [0.2, 0.25) is 0 Å². The molecule has 0 fully saturated rings. The minimum absolute atomic E-state index is 0.0318. The minimum atomic E-state index is -3.06. The van der Waals surface area contributed by atoms with Crippen molar-refractivity contribution in [1.29, 1.82) is 0 Å². The molecule has 0 bridgehead atoms. The maximum atomic E-state index is 12.1. The summed E-state index contributed by atoms with van der Waals surface area (Å²) < 4.78 is 22.8. The van der Waals surface area contributed by atoms with Gasteiger partial charge in [-0.15, -0.1) is 0 Å². The summed E-state index contributed by atoms with van der Waals surface area (Å²) in [5.74, 6) is -0.199. The van der Waals surface area contributed by atoms with Gasteiger partial charge in [0.25, 0.3) is 5.91 Å². The zero-order valence-corrected chi connectivity index (χ0v) is 12.2. The van der Waals surface area contributed by atoms with Gasteiger partial charge >= 0.3 is 0 Å². The monoisotopic (exact) mass is 297 g/mol. The van der Waals surface area contributed by atoms with E-state index in [1.807, 2.05) is 6.07 Å². The molecule has 7 heteroatoms. The molecule has 1 aliphatic rings. The Kier molecular flexibility index (Phi) is 4.49. The fourth-order valence-electron chi connectivity index (χ4n) is 2.02. The molecular formula is C13H19N3O3S. The van der Waals surface area contributed by atoms with Crippen molar-refractivity contribution in [1.82, 2.24) is 5.32 Å². The highest BCUT2D eigenvalue weighted by atomic mass is 32.2. The number of fused-ring (bicyclic) bond motifs is 1. The van der Waals surface area contributed by atoms with Crippen LogP contribution in [-0.2, 0) is 9.84 Å². The summed E-state index contributed by atoms with van der Waals surface area (Å²) in [5.41, 5.74) is 2.20. The molecule has 0 saturated heterocycles. The molecule has 0 unspecified atom stereocenters. The molecular weight excluding hydrogens is 278 g/mol. The third-order valence-electron chi connectivity index (χ3n) is 3.19. The first kappa shape index (κ1) is 14.6. The quantitative estimate of drug-likeness (QED) is 0.744. The Morgan fingerprint density at radius 2 is 2.05 bits per heavy atom. The first-order valence-corrected chi connectivity index (χ1v) is 8.45. The van der Waals surface area contributed by atoms with Gasteiger partial charge in [0.1, 0.15) is 0 Å². The lowest BCUT2D eigenvalue weighted by molar-refractivity contribution is 0.0957. The number of nitrogens with one attached hydrogen (secondary N) is 3. The molecule has 20 heavy (non-hydrogen) atoms. The van der Waals surface area contributed by atoms with Gasteiger partial charge in [-0.05, 0) is 12.1 Å². The van der Waals surface area contributed by atoms with E-state index in [1.54, 1.807) is 19.1 Å². The van der Waals surface area contributed by atoms with Crippen LogP contribution in [0.2, 0.25) is 0 Å². The second-order valence-corrected chi connectivity index (χ2v) is 7.05. The van der Waals surface area contributed by atoms with E-state index in [2.05, 4.69) is 16.0 Å². The van der Waals surface area contributed by atoms with Gasteiger partial charge in [0, 0.05) is 25.4 Å². The molecule has 1 aromatic rings. The highest BCUT2D eigenvalue weighted by Gasteiger charge is 2.17. The largest absolute Gasteiger partial charge is 0.382 e. The number of benzene rings is 1. The van der Waals surface area contributed by atoms with Crippen molar-refractivity contribution in [2.75, 3.05) is 41.8 Å². The number of rotatable bonds is 5. The van der Waals surface area contributed by atoms with E-state index in [1.165, 1.54) is 0 Å². The van der Waals surface area contributed by atoms with Gasteiger partial charge in [-0.2, -0.15) is 0 Å². The van der Waals surface area contributed by atoms with Crippen molar-refractivity contribution in [3.8, 4) is 0 Å². The third kappa shape index (κ3) is 3.41. The lowest BCUT2D eigenvalue weighted by atomic mass is 10.1. The molecule has 0 spiro atoms. The zero-order chi connectivity index (χ0) is 14.6. The van der Waals surface area contributed by atoms with Gasteiger partial charge in [-0.3, -0.25) is 4.79 Å². The Morgan fingerprint density at radius 3 is 2.80 bits per heavy atom. The highest BCUT2D eigenvalue weighted by molar-refractivity contribution is 7.91. The number of para-hydroxylation sites is 1. The highest BCUT2D eigenvalue weighted by Crippen LogP contribution is 2.28. The summed E-state index contributed by atoms with van der Waals surface area (Å²) in [5, 5.41) is 9.05. The number of carbonyl (C=O) groups is 1. The average molecular weight is 297 g/mol. The summed E-state index contributed by atoms with van der Waals surface area (Å²) in [4.78, 5) is 12.1.